The van der Waals surface area contributed by atoms with Gasteiger partial charge in [0.1, 0.15) is 11.5 Å². The molecule has 0 aromatic heterocycles. The summed E-state index contributed by atoms with van der Waals surface area (Å²) in [5.41, 5.74) is 0.977. The third-order valence-electron chi connectivity index (χ3n) is 5.64. The molecule has 28 heavy (non-hydrogen) atoms. The minimum atomic E-state index is 0.149. The summed E-state index contributed by atoms with van der Waals surface area (Å²) in [6, 6.07) is 5.65. The number of nitrogens with zero attached hydrogens (tertiary/aromatic N) is 3. The van der Waals surface area contributed by atoms with Crippen LogP contribution in [-0.2, 0) is 16.0 Å². The topological polar surface area (TPSA) is 62.3 Å². The van der Waals surface area contributed by atoms with Gasteiger partial charge in [-0.3, -0.25) is 14.5 Å². The smallest absolute Gasteiger partial charge is 0.236 e. The average molecular weight is 389 g/mol. The first-order valence-corrected chi connectivity index (χ1v) is 10.1. The Labute approximate surface area is 167 Å². The molecule has 1 aromatic rings. The van der Waals surface area contributed by atoms with Gasteiger partial charge in [0.2, 0.25) is 11.8 Å². The normalized spacial score (nSPS) is 17.6. The van der Waals surface area contributed by atoms with Crippen LogP contribution in [0.25, 0.3) is 0 Å². The van der Waals surface area contributed by atoms with Crippen molar-refractivity contribution in [3.8, 4) is 11.5 Å². The van der Waals surface area contributed by atoms with Gasteiger partial charge in [-0.2, -0.15) is 0 Å². The Morgan fingerprint density at radius 3 is 2.21 bits per heavy atom. The first-order chi connectivity index (χ1) is 13.6. The van der Waals surface area contributed by atoms with Gasteiger partial charge in [-0.25, -0.2) is 0 Å². The van der Waals surface area contributed by atoms with Crippen molar-refractivity contribution in [1.82, 2.24) is 14.7 Å². The number of carbonyl (C=O) groups is 2. The largest absolute Gasteiger partial charge is 0.497 e. The maximum atomic E-state index is 12.6. The van der Waals surface area contributed by atoms with Crippen molar-refractivity contribution < 1.29 is 19.1 Å². The van der Waals surface area contributed by atoms with Crippen molar-refractivity contribution in [1.29, 1.82) is 0 Å². The zero-order valence-corrected chi connectivity index (χ0v) is 17.0. The first-order valence-electron chi connectivity index (χ1n) is 10.1. The highest BCUT2D eigenvalue weighted by Gasteiger charge is 2.25. The fraction of sp³-hybridized carbons (Fsp3) is 0.619. The van der Waals surface area contributed by atoms with Crippen molar-refractivity contribution >= 4 is 11.8 Å². The third kappa shape index (κ3) is 5.16. The number of ether oxygens (including phenoxy) is 2. The van der Waals surface area contributed by atoms with Crippen LogP contribution in [0, 0.1) is 0 Å². The Bertz CT molecular complexity index is 680. The highest BCUT2D eigenvalue weighted by Crippen LogP contribution is 2.25. The molecule has 0 N–H and O–H groups in total. The quantitative estimate of drug-likeness (QED) is 0.706. The molecule has 0 aliphatic carbocycles. The lowest BCUT2D eigenvalue weighted by atomic mass is 10.1. The van der Waals surface area contributed by atoms with Gasteiger partial charge < -0.3 is 19.3 Å². The van der Waals surface area contributed by atoms with Crippen LogP contribution in [0.1, 0.15) is 24.8 Å². The predicted molar refractivity (Wildman–Crippen MR) is 107 cm³/mol. The average Bonchev–Trinajstić information content (AvgIpc) is 3.27. The summed E-state index contributed by atoms with van der Waals surface area (Å²) in [6.45, 7) is 5.14. The van der Waals surface area contributed by atoms with Crippen molar-refractivity contribution in [2.75, 3.05) is 60.0 Å². The summed E-state index contributed by atoms with van der Waals surface area (Å²) in [6.07, 6.45) is 3.29. The first kappa shape index (κ1) is 20.5. The molecule has 7 heteroatoms. The highest BCUT2D eigenvalue weighted by molar-refractivity contribution is 5.79. The number of benzene rings is 1. The zero-order chi connectivity index (χ0) is 19.9. The number of piperazine rings is 1. The van der Waals surface area contributed by atoms with Crippen LogP contribution in [0.2, 0.25) is 0 Å². The fourth-order valence-electron chi connectivity index (χ4n) is 3.89. The summed E-state index contributed by atoms with van der Waals surface area (Å²) < 4.78 is 10.7. The van der Waals surface area contributed by atoms with Gasteiger partial charge in [-0.1, -0.05) is 0 Å². The van der Waals surface area contributed by atoms with Crippen LogP contribution in [0.3, 0.4) is 0 Å². The Balaban J connectivity index is 1.44. The van der Waals surface area contributed by atoms with Gasteiger partial charge in [0, 0.05) is 45.7 Å². The van der Waals surface area contributed by atoms with Crippen molar-refractivity contribution in [2.24, 2.45) is 0 Å². The lowest BCUT2D eigenvalue weighted by Crippen LogP contribution is -2.51. The van der Waals surface area contributed by atoms with Crippen molar-refractivity contribution in [3.05, 3.63) is 23.8 Å². The molecule has 0 atom stereocenters. The molecule has 7 nitrogen and oxygen atoms in total. The number of hydrogen-bond donors (Lipinski definition) is 0. The maximum Gasteiger partial charge on any atom is 0.236 e. The minimum absolute atomic E-state index is 0.149. The van der Waals surface area contributed by atoms with E-state index in [2.05, 4.69) is 4.90 Å². The number of amides is 2. The third-order valence-corrected chi connectivity index (χ3v) is 5.64. The van der Waals surface area contributed by atoms with Crippen LogP contribution in [-0.4, -0.2) is 86.5 Å². The molecule has 2 aliphatic heterocycles. The van der Waals surface area contributed by atoms with Crippen LogP contribution >= 0.6 is 0 Å². The highest BCUT2D eigenvalue weighted by atomic mass is 16.5. The molecule has 2 amide bonds. The van der Waals surface area contributed by atoms with E-state index in [1.54, 1.807) is 14.2 Å². The molecule has 2 saturated heterocycles. The van der Waals surface area contributed by atoms with E-state index in [9.17, 15) is 9.59 Å². The molecule has 0 unspecified atom stereocenters. The van der Waals surface area contributed by atoms with E-state index in [0.29, 0.717) is 32.5 Å². The monoisotopic (exact) mass is 389 g/mol. The minimum Gasteiger partial charge on any atom is -0.497 e. The molecule has 2 heterocycles. The summed E-state index contributed by atoms with van der Waals surface area (Å²) in [7, 11) is 3.26. The second-order valence-corrected chi connectivity index (χ2v) is 7.42. The fourth-order valence-corrected chi connectivity index (χ4v) is 3.89. The molecule has 1 aromatic carbocycles. The van der Waals surface area contributed by atoms with E-state index < -0.39 is 0 Å². The van der Waals surface area contributed by atoms with Gasteiger partial charge in [-0.05, 0) is 43.0 Å². The SMILES string of the molecule is COc1ccc(OC)c(CCC(=O)N2CCN(CC(=O)N3CCCC3)CC2)c1. The van der Waals surface area contributed by atoms with E-state index in [1.807, 2.05) is 28.0 Å². The van der Waals surface area contributed by atoms with Crippen LogP contribution < -0.4 is 9.47 Å². The maximum absolute atomic E-state index is 12.6. The van der Waals surface area contributed by atoms with E-state index in [-0.39, 0.29) is 11.8 Å². The summed E-state index contributed by atoms with van der Waals surface area (Å²) in [5.74, 6) is 1.91. The van der Waals surface area contributed by atoms with Crippen molar-refractivity contribution in [2.45, 2.75) is 25.7 Å². The van der Waals surface area contributed by atoms with Crippen LogP contribution in [0.5, 0.6) is 11.5 Å². The molecule has 2 aliphatic rings. The zero-order valence-electron chi connectivity index (χ0n) is 17.0. The molecular weight excluding hydrogens is 358 g/mol. The standard InChI is InChI=1S/C21H31N3O4/c1-27-18-6-7-19(28-2)17(15-18)5-8-20(25)24-13-11-22(12-14-24)16-21(26)23-9-3-4-10-23/h6-7,15H,3-5,8-14,16H2,1-2H3. The van der Waals surface area contributed by atoms with Gasteiger partial charge >= 0.3 is 0 Å². The van der Waals surface area contributed by atoms with Crippen LogP contribution in [0.4, 0.5) is 0 Å². The van der Waals surface area contributed by atoms with Crippen LogP contribution in [0.15, 0.2) is 18.2 Å². The number of rotatable bonds is 7. The predicted octanol–water partition coefficient (Wildman–Crippen LogP) is 1.40. The molecule has 2 fully saturated rings. The summed E-state index contributed by atoms with van der Waals surface area (Å²) >= 11 is 0. The Hall–Kier alpha value is -2.28. The Morgan fingerprint density at radius 2 is 1.57 bits per heavy atom. The molecule has 0 saturated carbocycles. The number of likely N-dealkylation sites (tertiary alicyclic amines) is 1. The number of methoxy groups -OCH3 is 2. The van der Waals surface area contributed by atoms with Gasteiger partial charge in [0.25, 0.3) is 0 Å². The summed E-state index contributed by atoms with van der Waals surface area (Å²) in [4.78, 5) is 30.9. The lowest BCUT2D eigenvalue weighted by molar-refractivity contribution is -0.134. The van der Waals surface area contributed by atoms with E-state index in [4.69, 9.17) is 9.47 Å². The number of hydrogen-bond acceptors (Lipinski definition) is 5. The molecule has 0 spiro atoms. The van der Waals surface area contributed by atoms with Gasteiger partial charge in [-0.15, -0.1) is 0 Å². The second kappa shape index (κ2) is 9.78. The van der Waals surface area contributed by atoms with E-state index in [0.717, 1.165) is 56.1 Å². The molecule has 0 bridgehead atoms. The van der Waals surface area contributed by atoms with E-state index in [1.165, 1.54) is 0 Å². The van der Waals surface area contributed by atoms with Crippen molar-refractivity contribution in [3.63, 3.8) is 0 Å². The molecule has 0 radical (unpaired) electrons. The number of aryl methyl sites for hydroxylation is 1. The Kier molecular flexibility index (Phi) is 7.14. The second-order valence-electron chi connectivity index (χ2n) is 7.42. The van der Waals surface area contributed by atoms with E-state index >= 15 is 0 Å². The summed E-state index contributed by atoms with van der Waals surface area (Å²) in [5, 5.41) is 0. The molecule has 3 rings (SSSR count). The number of carbonyl (C=O) groups excluding carboxylic acids is 2. The molecule has 154 valence electrons. The van der Waals surface area contributed by atoms with Gasteiger partial charge in [0.05, 0.1) is 20.8 Å². The Morgan fingerprint density at radius 1 is 0.893 bits per heavy atom. The van der Waals surface area contributed by atoms with Gasteiger partial charge in [0.15, 0.2) is 0 Å². The molecular formula is C21H31N3O4. The lowest BCUT2D eigenvalue weighted by Gasteiger charge is -2.35.